The molecule has 0 aliphatic rings. The third-order valence-corrected chi connectivity index (χ3v) is 2.91. The van der Waals surface area contributed by atoms with Crippen LogP contribution in [0.4, 0.5) is 13.2 Å². The van der Waals surface area contributed by atoms with Crippen LogP contribution >= 0.6 is 0 Å². The molecule has 6 heteroatoms. The highest BCUT2D eigenvalue weighted by Gasteiger charge is 2.30. The number of hydrogen-bond acceptors (Lipinski definition) is 3. The first-order chi connectivity index (χ1) is 10.0. The van der Waals surface area contributed by atoms with E-state index in [1.165, 1.54) is 12.1 Å². The fourth-order valence-corrected chi connectivity index (χ4v) is 1.79. The van der Waals surface area contributed by atoms with Gasteiger partial charge in [-0.05, 0) is 31.0 Å². The molecule has 120 valence electrons. The molecule has 0 aromatic heterocycles. The average molecular weight is 305 g/mol. The van der Waals surface area contributed by atoms with Crippen molar-refractivity contribution in [2.75, 3.05) is 33.5 Å². The molecule has 0 fully saturated rings. The Morgan fingerprint density at radius 2 is 1.90 bits per heavy atom. The summed E-state index contributed by atoms with van der Waals surface area (Å²) >= 11 is 0. The van der Waals surface area contributed by atoms with Crippen molar-refractivity contribution in [2.45, 2.75) is 25.6 Å². The van der Waals surface area contributed by atoms with Gasteiger partial charge in [-0.2, -0.15) is 13.2 Å². The molecular weight excluding hydrogens is 283 g/mol. The first-order valence-electron chi connectivity index (χ1n) is 6.97. The molecular formula is C15H22F3NO2. The molecule has 0 radical (unpaired) electrons. The molecule has 0 bridgehead atoms. The van der Waals surface area contributed by atoms with E-state index in [0.717, 1.165) is 25.5 Å². The highest BCUT2D eigenvalue weighted by atomic mass is 19.4. The third kappa shape index (κ3) is 8.04. The van der Waals surface area contributed by atoms with E-state index in [2.05, 4.69) is 5.32 Å². The molecule has 3 nitrogen and oxygen atoms in total. The minimum absolute atomic E-state index is 0.439. The van der Waals surface area contributed by atoms with Gasteiger partial charge in [0.05, 0.1) is 18.8 Å². The fraction of sp³-hybridized carbons (Fsp3) is 0.600. The van der Waals surface area contributed by atoms with Crippen molar-refractivity contribution in [3.05, 3.63) is 35.4 Å². The summed E-state index contributed by atoms with van der Waals surface area (Å²) in [6.07, 6.45) is -2.44. The van der Waals surface area contributed by atoms with Gasteiger partial charge in [-0.1, -0.05) is 18.2 Å². The van der Waals surface area contributed by atoms with Crippen molar-refractivity contribution in [3.63, 3.8) is 0 Å². The SMILES string of the molecule is COCCOCCCCNCc1cccc(C(F)(F)F)c1. The number of methoxy groups -OCH3 is 1. The maximum Gasteiger partial charge on any atom is 0.416 e. The summed E-state index contributed by atoms with van der Waals surface area (Å²) in [6.45, 7) is 3.05. The molecule has 1 aromatic carbocycles. The van der Waals surface area contributed by atoms with Gasteiger partial charge in [-0.15, -0.1) is 0 Å². The van der Waals surface area contributed by atoms with E-state index in [1.807, 2.05) is 0 Å². The minimum Gasteiger partial charge on any atom is -0.382 e. The number of hydrogen-bond donors (Lipinski definition) is 1. The summed E-state index contributed by atoms with van der Waals surface area (Å²) in [4.78, 5) is 0. The monoisotopic (exact) mass is 305 g/mol. The number of rotatable bonds is 10. The average Bonchev–Trinajstić information content (AvgIpc) is 2.45. The lowest BCUT2D eigenvalue weighted by Crippen LogP contribution is -2.16. The van der Waals surface area contributed by atoms with E-state index in [4.69, 9.17) is 9.47 Å². The third-order valence-electron chi connectivity index (χ3n) is 2.91. The Labute approximate surface area is 123 Å². The van der Waals surface area contributed by atoms with Crippen LogP contribution in [0.1, 0.15) is 24.0 Å². The van der Waals surface area contributed by atoms with Crippen molar-refractivity contribution in [2.24, 2.45) is 0 Å². The van der Waals surface area contributed by atoms with Crippen LogP contribution in [0.5, 0.6) is 0 Å². The molecule has 0 saturated heterocycles. The molecule has 0 amide bonds. The predicted molar refractivity (Wildman–Crippen MR) is 75.1 cm³/mol. The van der Waals surface area contributed by atoms with Gasteiger partial charge >= 0.3 is 6.18 Å². The molecule has 21 heavy (non-hydrogen) atoms. The number of ether oxygens (including phenoxy) is 2. The van der Waals surface area contributed by atoms with Crippen molar-refractivity contribution in [1.29, 1.82) is 0 Å². The first-order valence-corrected chi connectivity index (χ1v) is 6.97. The zero-order valence-corrected chi connectivity index (χ0v) is 12.2. The summed E-state index contributed by atoms with van der Waals surface area (Å²) in [5.74, 6) is 0. The van der Waals surface area contributed by atoms with Crippen molar-refractivity contribution in [1.82, 2.24) is 5.32 Å². The molecule has 0 aliphatic carbocycles. The van der Waals surface area contributed by atoms with Crippen LogP contribution in [-0.2, 0) is 22.2 Å². The molecule has 1 aromatic rings. The van der Waals surface area contributed by atoms with Crippen LogP contribution in [0, 0.1) is 0 Å². The van der Waals surface area contributed by atoms with Gasteiger partial charge in [-0.25, -0.2) is 0 Å². The molecule has 0 atom stereocenters. The smallest absolute Gasteiger partial charge is 0.382 e. The Hall–Kier alpha value is -1.11. The minimum atomic E-state index is -4.28. The summed E-state index contributed by atoms with van der Waals surface area (Å²) in [5, 5.41) is 3.13. The Morgan fingerprint density at radius 1 is 1.10 bits per heavy atom. The maximum atomic E-state index is 12.5. The Balaban J connectivity index is 2.13. The van der Waals surface area contributed by atoms with Crippen molar-refractivity contribution < 1.29 is 22.6 Å². The Morgan fingerprint density at radius 3 is 2.62 bits per heavy atom. The molecule has 0 aliphatic heterocycles. The standard InChI is InChI=1S/C15H22F3NO2/c1-20-9-10-21-8-3-2-7-19-12-13-5-4-6-14(11-13)15(16,17)18/h4-6,11,19H,2-3,7-10,12H2,1H3. The van der Waals surface area contributed by atoms with Crippen LogP contribution < -0.4 is 5.32 Å². The second-order valence-corrected chi connectivity index (χ2v) is 4.69. The second-order valence-electron chi connectivity index (χ2n) is 4.69. The van der Waals surface area contributed by atoms with Crippen LogP contribution in [-0.4, -0.2) is 33.5 Å². The number of nitrogens with one attached hydrogen (secondary N) is 1. The highest BCUT2D eigenvalue weighted by Crippen LogP contribution is 2.29. The van der Waals surface area contributed by atoms with Gasteiger partial charge in [0, 0.05) is 20.3 Å². The number of benzene rings is 1. The Kier molecular flexibility index (Phi) is 8.34. The highest BCUT2D eigenvalue weighted by molar-refractivity contribution is 5.25. The quantitative estimate of drug-likeness (QED) is 0.673. The maximum absolute atomic E-state index is 12.5. The van der Waals surface area contributed by atoms with E-state index in [9.17, 15) is 13.2 Å². The van der Waals surface area contributed by atoms with E-state index in [0.29, 0.717) is 31.9 Å². The van der Waals surface area contributed by atoms with E-state index < -0.39 is 11.7 Å². The van der Waals surface area contributed by atoms with Gasteiger partial charge in [0.1, 0.15) is 0 Å². The first kappa shape index (κ1) is 17.9. The van der Waals surface area contributed by atoms with Crippen LogP contribution in [0.2, 0.25) is 0 Å². The lowest BCUT2D eigenvalue weighted by molar-refractivity contribution is -0.137. The van der Waals surface area contributed by atoms with Gasteiger partial charge in [-0.3, -0.25) is 0 Å². The topological polar surface area (TPSA) is 30.5 Å². The summed E-state index contributed by atoms with van der Waals surface area (Å²) < 4.78 is 47.8. The van der Waals surface area contributed by atoms with Gasteiger partial charge in [0.2, 0.25) is 0 Å². The molecule has 1 rings (SSSR count). The number of unbranched alkanes of at least 4 members (excludes halogenated alkanes) is 1. The lowest BCUT2D eigenvalue weighted by atomic mass is 10.1. The van der Waals surface area contributed by atoms with Crippen LogP contribution in [0.3, 0.4) is 0 Å². The van der Waals surface area contributed by atoms with E-state index in [-0.39, 0.29) is 0 Å². The molecule has 1 N–H and O–H groups in total. The summed E-state index contributed by atoms with van der Waals surface area (Å²) in [7, 11) is 1.63. The molecule has 0 unspecified atom stereocenters. The van der Waals surface area contributed by atoms with Crippen molar-refractivity contribution >= 4 is 0 Å². The zero-order valence-electron chi connectivity index (χ0n) is 12.2. The lowest BCUT2D eigenvalue weighted by Gasteiger charge is -2.09. The largest absolute Gasteiger partial charge is 0.416 e. The van der Waals surface area contributed by atoms with Gasteiger partial charge in [0.15, 0.2) is 0 Å². The zero-order chi connectivity index (χ0) is 15.6. The van der Waals surface area contributed by atoms with Crippen LogP contribution in [0.25, 0.3) is 0 Å². The molecule has 0 saturated carbocycles. The second kappa shape index (κ2) is 9.76. The molecule has 0 heterocycles. The predicted octanol–water partition coefficient (Wildman–Crippen LogP) is 3.24. The fourth-order valence-electron chi connectivity index (χ4n) is 1.79. The normalized spacial score (nSPS) is 11.8. The van der Waals surface area contributed by atoms with Gasteiger partial charge in [0.25, 0.3) is 0 Å². The number of alkyl halides is 3. The van der Waals surface area contributed by atoms with Crippen LogP contribution in [0.15, 0.2) is 24.3 Å². The van der Waals surface area contributed by atoms with Gasteiger partial charge < -0.3 is 14.8 Å². The number of halogens is 3. The Bertz CT molecular complexity index is 397. The van der Waals surface area contributed by atoms with Crippen molar-refractivity contribution in [3.8, 4) is 0 Å². The van der Waals surface area contributed by atoms with E-state index in [1.54, 1.807) is 13.2 Å². The van der Waals surface area contributed by atoms with E-state index >= 15 is 0 Å². The molecule has 0 spiro atoms. The summed E-state index contributed by atoms with van der Waals surface area (Å²) in [5.41, 5.74) is 0.0366. The summed E-state index contributed by atoms with van der Waals surface area (Å²) in [6, 6.07) is 5.39.